The Morgan fingerprint density at radius 1 is 1.44 bits per heavy atom. The van der Waals surface area contributed by atoms with E-state index in [0.717, 1.165) is 6.54 Å². The number of hydrogen-bond acceptors (Lipinski definition) is 3. The van der Waals surface area contributed by atoms with Crippen LogP contribution in [0, 0.1) is 5.41 Å². The van der Waals surface area contributed by atoms with Crippen molar-refractivity contribution in [3.05, 3.63) is 16.5 Å². The van der Waals surface area contributed by atoms with Crippen molar-refractivity contribution in [2.45, 2.75) is 32.6 Å². The monoisotopic (exact) mass is 259 g/mol. The third-order valence-corrected chi connectivity index (χ3v) is 3.97. The molecule has 1 aromatic heterocycles. The molecule has 16 heavy (non-hydrogen) atoms. The number of halogens is 2. The Balaban J connectivity index is 2.01. The van der Waals surface area contributed by atoms with Crippen molar-refractivity contribution < 1.29 is 0 Å². The van der Waals surface area contributed by atoms with Gasteiger partial charge in [-0.05, 0) is 36.3 Å². The van der Waals surface area contributed by atoms with Crippen LogP contribution in [0.5, 0.6) is 0 Å². The predicted octanol–water partition coefficient (Wildman–Crippen LogP) is 3.78. The molecule has 1 aliphatic carbocycles. The second-order valence-corrected chi connectivity index (χ2v) is 5.14. The van der Waals surface area contributed by atoms with Gasteiger partial charge < -0.3 is 5.32 Å². The molecule has 0 saturated heterocycles. The van der Waals surface area contributed by atoms with Crippen molar-refractivity contribution in [1.29, 1.82) is 0 Å². The smallest absolute Gasteiger partial charge is 0.224 e. The van der Waals surface area contributed by atoms with Crippen LogP contribution in [0.2, 0.25) is 10.3 Å². The van der Waals surface area contributed by atoms with Crippen LogP contribution in [0.4, 0.5) is 5.82 Å². The van der Waals surface area contributed by atoms with E-state index >= 15 is 0 Å². The van der Waals surface area contributed by atoms with E-state index in [0.29, 0.717) is 16.3 Å². The number of nitrogens with zero attached hydrogens (tertiary/aromatic N) is 2. The number of hydrogen-bond donors (Lipinski definition) is 1. The normalized spacial score (nSPS) is 17.9. The quantitative estimate of drug-likeness (QED) is 0.837. The largest absolute Gasteiger partial charge is 0.368 e. The standard InChI is InChI=1S/C11H15Cl2N3/c1-2-11(4-3-5-11)7-15-9-8(12)6-14-10(13)16-9/h6H,2-5,7H2,1H3,(H,14,15,16). The minimum Gasteiger partial charge on any atom is -0.368 e. The zero-order chi connectivity index (χ0) is 11.6. The molecule has 2 rings (SSSR count). The lowest BCUT2D eigenvalue weighted by Gasteiger charge is -2.41. The highest BCUT2D eigenvalue weighted by atomic mass is 35.5. The van der Waals surface area contributed by atoms with E-state index in [-0.39, 0.29) is 5.28 Å². The Morgan fingerprint density at radius 2 is 2.19 bits per heavy atom. The van der Waals surface area contributed by atoms with Crippen molar-refractivity contribution in [2.24, 2.45) is 5.41 Å². The van der Waals surface area contributed by atoms with E-state index in [1.54, 1.807) is 0 Å². The SMILES string of the molecule is CCC1(CNc2nc(Cl)ncc2Cl)CCC1. The van der Waals surface area contributed by atoms with Gasteiger partial charge in [-0.1, -0.05) is 24.9 Å². The molecule has 0 spiro atoms. The van der Waals surface area contributed by atoms with Gasteiger partial charge in [-0.15, -0.1) is 0 Å². The molecule has 0 bridgehead atoms. The molecule has 0 aliphatic heterocycles. The predicted molar refractivity (Wildman–Crippen MR) is 67.1 cm³/mol. The highest BCUT2D eigenvalue weighted by molar-refractivity contribution is 6.33. The molecule has 0 aromatic carbocycles. The number of anilines is 1. The van der Waals surface area contributed by atoms with Crippen LogP contribution in [-0.4, -0.2) is 16.5 Å². The first kappa shape index (κ1) is 11.9. The van der Waals surface area contributed by atoms with Crippen LogP contribution in [0.15, 0.2) is 6.20 Å². The lowest BCUT2D eigenvalue weighted by Crippen LogP contribution is -2.36. The number of rotatable bonds is 4. The first-order chi connectivity index (χ1) is 7.65. The maximum atomic E-state index is 5.98. The summed E-state index contributed by atoms with van der Waals surface area (Å²) in [5.41, 5.74) is 0.431. The molecule has 1 saturated carbocycles. The molecule has 88 valence electrons. The summed E-state index contributed by atoms with van der Waals surface area (Å²) in [4.78, 5) is 7.90. The third kappa shape index (κ3) is 2.41. The van der Waals surface area contributed by atoms with Gasteiger partial charge in [0.2, 0.25) is 5.28 Å². The maximum Gasteiger partial charge on any atom is 0.224 e. The van der Waals surface area contributed by atoms with E-state index in [2.05, 4.69) is 22.2 Å². The molecule has 0 unspecified atom stereocenters. The second-order valence-electron chi connectivity index (χ2n) is 4.40. The second kappa shape index (κ2) is 4.76. The van der Waals surface area contributed by atoms with Crippen molar-refractivity contribution >= 4 is 29.0 Å². The van der Waals surface area contributed by atoms with Gasteiger partial charge in [0.15, 0.2) is 0 Å². The summed E-state index contributed by atoms with van der Waals surface area (Å²) in [6.45, 7) is 3.14. The molecule has 3 nitrogen and oxygen atoms in total. The molecular weight excluding hydrogens is 245 g/mol. The Hall–Kier alpha value is -0.540. The van der Waals surface area contributed by atoms with Crippen LogP contribution in [0.1, 0.15) is 32.6 Å². The summed E-state index contributed by atoms with van der Waals surface area (Å²) in [6, 6.07) is 0. The Kier molecular flexibility index (Phi) is 3.55. The average molecular weight is 260 g/mol. The molecule has 0 atom stereocenters. The molecule has 1 aromatic rings. The van der Waals surface area contributed by atoms with Gasteiger partial charge in [0.25, 0.3) is 0 Å². The Morgan fingerprint density at radius 3 is 2.75 bits per heavy atom. The van der Waals surface area contributed by atoms with Crippen molar-refractivity contribution in [3.8, 4) is 0 Å². The van der Waals surface area contributed by atoms with Gasteiger partial charge in [-0.25, -0.2) is 4.98 Å². The molecule has 1 N–H and O–H groups in total. The van der Waals surface area contributed by atoms with Gasteiger partial charge in [0, 0.05) is 6.54 Å². The zero-order valence-electron chi connectivity index (χ0n) is 9.26. The summed E-state index contributed by atoms with van der Waals surface area (Å²) < 4.78 is 0. The fourth-order valence-electron chi connectivity index (χ4n) is 2.07. The summed E-state index contributed by atoms with van der Waals surface area (Å²) in [5.74, 6) is 0.640. The zero-order valence-corrected chi connectivity index (χ0v) is 10.8. The molecular formula is C11H15Cl2N3. The van der Waals surface area contributed by atoms with E-state index in [4.69, 9.17) is 23.2 Å². The topological polar surface area (TPSA) is 37.8 Å². The molecule has 1 fully saturated rings. The molecule has 0 radical (unpaired) electrons. The van der Waals surface area contributed by atoms with E-state index in [1.807, 2.05) is 0 Å². The lowest BCUT2D eigenvalue weighted by atomic mass is 9.67. The van der Waals surface area contributed by atoms with Gasteiger partial charge in [-0.3, -0.25) is 0 Å². The van der Waals surface area contributed by atoms with E-state index in [9.17, 15) is 0 Å². The van der Waals surface area contributed by atoms with Crippen LogP contribution in [0.25, 0.3) is 0 Å². The molecule has 5 heteroatoms. The van der Waals surface area contributed by atoms with Crippen LogP contribution < -0.4 is 5.32 Å². The summed E-state index contributed by atoms with van der Waals surface area (Å²) in [6.07, 6.45) is 6.61. The fourth-order valence-corrected chi connectivity index (χ4v) is 2.36. The van der Waals surface area contributed by atoms with Crippen molar-refractivity contribution in [3.63, 3.8) is 0 Å². The van der Waals surface area contributed by atoms with Crippen molar-refractivity contribution in [1.82, 2.24) is 9.97 Å². The van der Waals surface area contributed by atoms with Crippen LogP contribution in [-0.2, 0) is 0 Å². The first-order valence-electron chi connectivity index (χ1n) is 5.57. The summed E-state index contributed by atoms with van der Waals surface area (Å²) in [5, 5.41) is 4.03. The average Bonchev–Trinajstić information content (AvgIpc) is 2.22. The molecule has 1 aliphatic rings. The minimum absolute atomic E-state index is 0.228. The van der Waals surface area contributed by atoms with Gasteiger partial charge in [-0.2, -0.15) is 4.98 Å². The Bertz CT molecular complexity index is 372. The highest BCUT2D eigenvalue weighted by Crippen LogP contribution is 2.43. The molecule has 0 amide bonds. The van der Waals surface area contributed by atoms with Gasteiger partial charge in [0.1, 0.15) is 10.8 Å². The van der Waals surface area contributed by atoms with Crippen molar-refractivity contribution in [2.75, 3.05) is 11.9 Å². The number of aromatic nitrogens is 2. The van der Waals surface area contributed by atoms with Gasteiger partial charge >= 0.3 is 0 Å². The lowest BCUT2D eigenvalue weighted by molar-refractivity contribution is 0.145. The Labute approximate surface area is 106 Å². The summed E-state index contributed by atoms with van der Waals surface area (Å²) >= 11 is 11.7. The van der Waals surface area contributed by atoms with Gasteiger partial charge in [0.05, 0.1) is 6.20 Å². The van der Waals surface area contributed by atoms with E-state index < -0.39 is 0 Å². The summed E-state index contributed by atoms with van der Waals surface area (Å²) in [7, 11) is 0. The van der Waals surface area contributed by atoms with Crippen LogP contribution in [0.3, 0.4) is 0 Å². The fraction of sp³-hybridized carbons (Fsp3) is 0.636. The van der Waals surface area contributed by atoms with E-state index in [1.165, 1.54) is 31.9 Å². The first-order valence-corrected chi connectivity index (χ1v) is 6.33. The minimum atomic E-state index is 0.228. The maximum absolute atomic E-state index is 5.98. The number of nitrogens with one attached hydrogen (secondary N) is 1. The highest BCUT2D eigenvalue weighted by Gasteiger charge is 2.34. The van der Waals surface area contributed by atoms with Crippen LogP contribution >= 0.6 is 23.2 Å². The molecule has 1 heterocycles. The third-order valence-electron chi connectivity index (χ3n) is 3.51.